The van der Waals surface area contributed by atoms with E-state index in [4.69, 9.17) is 0 Å². The summed E-state index contributed by atoms with van der Waals surface area (Å²) in [7, 11) is 0. The van der Waals surface area contributed by atoms with Crippen molar-refractivity contribution in [1.82, 2.24) is 5.32 Å². The van der Waals surface area contributed by atoms with Gasteiger partial charge in [-0.15, -0.1) is 0 Å². The summed E-state index contributed by atoms with van der Waals surface area (Å²) < 4.78 is 0. The van der Waals surface area contributed by atoms with E-state index in [9.17, 15) is 9.90 Å². The first-order valence-electron chi connectivity index (χ1n) is 4.53. The SMILES string of the molecule is CCCNC(=O)C(O)CC(C)C. The van der Waals surface area contributed by atoms with Crippen molar-refractivity contribution in [2.24, 2.45) is 5.92 Å². The van der Waals surface area contributed by atoms with Gasteiger partial charge < -0.3 is 10.4 Å². The summed E-state index contributed by atoms with van der Waals surface area (Å²) in [6.07, 6.45) is 0.604. The highest BCUT2D eigenvalue weighted by molar-refractivity contribution is 5.80. The summed E-state index contributed by atoms with van der Waals surface area (Å²) in [5, 5.41) is 12.0. The molecule has 0 radical (unpaired) electrons. The lowest BCUT2D eigenvalue weighted by atomic mass is 10.1. The molecule has 0 aliphatic rings. The Bertz CT molecular complexity index is 134. The Kier molecular flexibility index (Phi) is 5.72. The van der Waals surface area contributed by atoms with Crippen molar-refractivity contribution in [2.75, 3.05) is 6.54 Å². The van der Waals surface area contributed by atoms with Crippen molar-refractivity contribution in [1.29, 1.82) is 0 Å². The molecule has 0 aromatic carbocycles. The predicted octanol–water partition coefficient (Wildman–Crippen LogP) is 0.920. The van der Waals surface area contributed by atoms with Crippen molar-refractivity contribution in [3.8, 4) is 0 Å². The van der Waals surface area contributed by atoms with E-state index < -0.39 is 6.10 Å². The molecule has 0 bridgehead atoms. The second-order valence-electron chi connectivity index (χ2n) is 3.44. The van der Waals surface area contributed by atoms with E-state index in [0.29, 0.717) is 18.9 Å². The lowest BCUT2D eigenvalue weighted by molar-refractivity contribution is -0.130. The molecule has 0 fully saturated rings. The summed E-state index contributed by atoms with van der Waals surface area (Å²) >= 11 is 0. The van der Waals surface area contributed by atoms with Gasteiger partial charge in [-0.3, -0.25) is 4.79 Å². The molecule has 0 saturated heterocycles. The van der Waals surface area contributed by atoms with Crippen LogP contribution in [0.25, 0.3) is 0 Å². The van der Waals surface area contributed by atoms with Crippen LogP contribution < -0.4 is 5.32 Å². The first-order chi connectivity index (χ1) is 5.57. The summed E-state index contributed by atoms with van der Waals surface area (Å²) in [4.78, 5) is 11.1. The molecule has 1 atom stereocenters. The maximum absolute atomic E-state index is 11.1. The molecular formula is C9H19NO2. The average Bonchev–Trinajstić information content (AvgIpc) is 1.98. The molecule has 3 nitrogen and oxygen atoms in total. The minimum Gasteiger partial charge on any atom is -0.383 e. The lowest BCUT2D eigenvalue weighted by Gasteiger charge is -2.12. The van der Waals surface area contributed by atoms with Gasteiger partial charge in [-0.1, -0.05) is 20.8 Å². The number of hydrogen-bond donors (Lipinski definition) is 2. The van der Waals surface area contributed by atoms with Gasteiger partial charge in [0.25, 0.3) is 0 Å². The second kappa shape index (κ2) is 6.00. The molecule has 0 rings (SSSR count). The van der Waals surface area contributed by atoms with Crippen molar-refractivity contribution < 1.29 is 9.90 Å². The molecule has 0 aromatic heterocycles. The Balaban J connectivity index is 3.61. The summed E-state index contributed by atoms with van der Waals surface area (Å²) in [6, 6.07) is 0. The first-order valence-corrected chi connectivity index (χ1v) is 4.53. The monoisotopic (exact) mass is 173 g/mol. The Morgan fingerprint density at radius 2 is 2.08 bits per heavy atom. The van der Waals surface area contributed by atoms with E-state index in [1.165, 1.54) is 0 Å². The van der Waals surface area contributed by atoms with Crippen LogP contribution in [0.3, 0.4) is 0 Å². The lowest BCUT2D eigenvalue weighted by Crippen LogP contribution is -2.35. The molecule has 0 aliphatic heterocycles. The van der Waals surface area contributed by atoms with Crippen LogP contribution in [0.15, 0.2) is 0 Å². The fourth-order valence-electron chi connectivity index (χ4n) is 0.920. The van der Waals surface area contributed by atoms with Gasteiger partial charge >= 0.3 is 0 Å². The number of amides is 1. The van der Waals surface area contributed by atoms with Crippen molar-refractivity contribution in [2.45, 2.75) is 39.7 Å². The van der Waals surface area contributed by atoms with Crippen LogP contribution in [0.1, 0.15) is 33.6 Å². The van der Waals surface area contributed by atoms with Crippen LogP contribution in [-0.4, -0.2) is 23.7 Å². The topological polar surface area (TPSA) is 49.3 Å². The Morgan fingerprint density at radius 1 is 1.50 bits per heavy atom. The quantitative estimate of drug-likeness (QED) is 0.649. The Hall–Kier alpha value is -0.570. The molecule has 0 heterocycles. The maximum atomic E-state index is 11.1. The van der Waals surface area contributed by atoms with Gasteiger partial charge in [0, 0.05) is 6.54 Å². The minimum absolute atomic E-state index is 0.245. The molecule has 72 valence electrons. The van der Waals surface area contributed by atoms with E-state index in [-0.39, 0.29) is 5.91 Å². The van der Waals surface area contributed by atoms with Gasteiger partial charge in [0.2, 0.25) is 5.91 Å². The van der Waals surface area contributed by atoms with E-state index >= 15 is 0 Å². The molecule has 3 heteroatoms. The molecule has 0 aliphatic carbocycles. The molecule has 1 unspecified atom stereocenters. The number of carbonyl (C=O) groups excluding carboxylic acids is 1. The van der Waals surface area contributed by atoms with Crippen LogP contribution in [0.2, 0.25) is 0 Å². The van der Waals surface area contributed by atoms with Crippen LogP contribution >= 0.6 is 0 Å². The predicted molar refractivity (Wildman–Crippen MR) is 48.8 cm³/mol. The molecule has 12 heavy (non-hydrogen) atoms. The molecular weight excluding hydrogens is 154 g/mol. The molecule has 0 saturated carbocycles. The van der Waals surface area contributed by atoms with Gasteiger partial charge in [-0.05, 0) is 18.8 Å². The highest BCUT2D eigenvalue weighted by atomic mass is 16.3. The van der Waals surface area contributed by atoms with Crippen LogP contribution in [0.4, 0.5) is 0 Å². The zero-order valence-corrected chi connectivity index (χ0v) is 8.13. The highest BCUT2D eigenvalue weighted by Crippen LogP contribution is 2.03. The van der Waals surface area contributed by atoms with Gasteiger partial charge in [0.1, 0.15) is 6.10 Å². The molecule has 0 spiro atoms. The van der Waals surface area contributed by atoms with Crippen LogP contribution in [0.5, 0.6) is 0 Å². The molecule has 1 amide bonds. The highest BCUT2D eigenvalue weighted by Gasteiger charge is 2.14. The number of rotatable bonds is 5. The fourth-order valence-corrected chi connectivity index (χ4v) is 0.920. The fraction of sp³-hybridized carbons (Fsp3) is 0.889. The smallest absolute Gasteiger partial charge is 0.248 e. The summed E-state index contributed by atoms with van der Waals surface area (Å²) in [5.74, 6) is 0.109. The summed E-state index contributed by atoms with van der Waals surface area (Å²) in [5.41, 5.74) is 0. The minimum atomic E-state index is -0.837. The second-order valence-corrected chi connectivity index (χ2v) is 3.44. The number of aliphatic hydroxyl groups is 1. The van der Waals surface area contributed by atoms with Gasteiger partial charge in [-0.2, -0.15) is 0 Å². The molecule has 0 aromatic rings. The third kappa shape index (κ3) is 5.13. The normalized spacial score (nSPS) is 13.1. The van der Waals surface area contributed by atoms with Gasteiger partial charge in [0.15, 0.2) is 0 Å². The van der Waals surface area contributed by atoms with Gasteiger partial charge in [0.05, 0.1) is 0 Å². The third-order valence-electron chi connectivity index (χ3n) is 1.55. The maximum Gasteiger partial charge on any atom is 0.248 e. The van der Waals surface area contributed by atoms with E-state index in [1.54, 1.807) is 0 Å². The van der Waals surface area contributed by atoms with Crippen molar-refractivity contribution in [3.63, 3.8) is 0 Å². The summed E-state index contributed by atoms with van der Waals surface area (Å²) in [6.45, 7) is 6.59. The third-order valence-corrected chi connectivity index (χ3v) is 1.55. The average molecular weight is 173 g/mol. The van der Waals surface area contributed by atoms with Gasteiger partial charge in [-0.25, -0.2) is 0 Å². The number of nitrogens with one attached hydrogen (secondary N) is 1. The number of aliphatic hydroxyl groups excluding tert-OH is 1. The van der Waals surface area contributed by atoms with E-state index in [2.05, 4.69) is 5.32 Å². The first kappa shape index (κ1) is 11.4. The standard InChI is InChI=1S/C9H19NO2/c1-4-5-10-9(12)8(11)6-7(2)3/h7-8,11H,4-6H2,1-3H3,(H,10,12). The largest absolute Gasteiger partial charge is 0.383 e. The van der Waals surface area contributed by atoms with Crippen LogP contribution in [0, 0.1) is 5.92 Å². The van der Waals surface area contributed by atoms with E-state index in [1.807, 2.05) is 20.8 Å². The van der Waals surface area contributed by atoms with E-state index in [0.717, 1.165) is 6.42 Å². The Labute approximate surface area is 74.2 Å². The van der Waals surface area contributed by atoms with Crippen molar-refractivity contribution in [3.05, 3.63) is 0 Å². The Morgan fingerprint density at radius 3 is 2.50 bits per heavy atom. The zero-order valence-electron chi connectivity index (χ0n) is 8.13. The van der Waals surface area contributed by atoms with Crippen LogP contribution in [-0.2, 0) is 4.79 Å². The number of hydrogen-bond acceptors (Lipinski definition) is 2. The molecule has 2 N–H and O–H groups in total. The number of carbonyl (C=O) groups is 1. The zero-order chi connectivity index (χ0) is 9.56. The van der Waals surface area contributed by atoms with Crippen molar-refractivity contribution >= 4 is 5.91 Å².